The number of nitrogens with zero attached hydrogens (tertiary/aromatic N) is 1. The summed E-state index contributed by atoms with van der Waals surface area (Å²) in [6.45, 7) is 1.89. The first-order chi connectivity index (χ1) is 7.70. The highest BCUT2D eigenvalue weighted by Gasteiger charge is 2.25. The summed E-state index contributed by atoms with van der Waals surface area (Å²) in [5.74, 6) is 0.0474. The quantitative estimate of drug-likeness (QED) is 0.783. The topological polar surface area (TPSA) is 29.5 Å². The third kappa shape index (κ3) is 2.77. The minimum absolute atomic E-state index is 0.0474. The van der Waals surface area contributed by atoms with Crippen LogP contribution in [-0.2, 0) is 4.74 Å². The third-order valence-corrected chi connectivity index (χ3v) is 4.32. The van der Waals surface area contributed by atoms with E-state index < -0.39 is 0 Å². The Morgan fingerprint density at radius 3 is 3.12 bits per heavy atom. The summed E-state index contributed by atoms with van der Waals surface area (Å²) >= 11 is 10.5. The van der Waals surface area contributed by atoms with Crippen molar-refractivity contribution in [2.75, 3.05) is 25.0 Å². The second-order valence-electron chi connectivity index (χ2n) is 3.50. The van der Waals surface area contributed by atoms with Crippen LogP contribution in [0.4, 0.5) is 0 Å². The maximum absolute atomic E-state index is 12.1. The van der Waals surface area contributed by atoms with E-state index in [4.69, 9.17) is 16.3 Å². The van der Waals surface area contributed by atoms with Crippen LogP contribution in [0.3, 0.4) is 0 Å². The molecule has 1 aliphatic heterocycles. The first-order valence-electron chi connectivity index (χ1n) is 4.93. The van der Waals surface area contributed by atoms with Crippen molar-refractivity contribution in [3.05, 3.63) is 21.3 Å². The molecule has 1 unspecified atom stereocenters. The van der Waals surface area contributed by atoms with E-state index in [0.717, 1.165) is 5.33 Å². The van der Waals surface area contributed by atoms with Crippen LogP contribution >= 0.6 is 38.9 Å². The van der Waals surface area contributed by atoms with Gasteiger partial charge in [-0.05, 0) is 12.1 Å². The Balaban J connectivity index is 2.04. The van der Waals surface area contributed by atoms with Crippen molar-refractivity contribution in [3.8, 4) is 0 Å². The molecule has 1 amide bonds. The molecule has 3 nitrogen and oxygen atoms in total. The number of hydrogen-bond donors (Lipinski definition) is 0. The lowest BCUT2D eigenvalue weighted by Crippen LogP contribution is -2.46. The van der Waals surface area contributed by atoms with E-state index in [1.807, 2.05) is 4.90 Å². The Morgan fingerprint density at radius 2 is 2.50 bits per heavy atom. The second-order valence-corrected chi connectivity index (χ2v) is 5.86. The summed E-state index contributed by atoms with van der Waals surface area (Å²) in [6, 6.07) is 3.52. The van der Waals surface area contributed by atoms with Crippen molar-refractivity contribution in [3.63, 3.8) is 0 Å². The van der Waals surface area contributed by atoms with E-state index >= 15 is 0 Å². The van der Waals surface area contributed by atoms with Gasteiger partial charge in [-0.3, -0.25) is 4.79 Å². The van der Waals surface area contributed by atoms with Gasteiger partial charge in [0.15, 0.2) is 0 Å². The molecule has 1 saturated heterocycles. The van der Waals surface area contributed by atoms with Gasteiger partial charge >= 0.3 is 0 Å². The van der Waals surface area contributed by atoms with Gasteiger partial charge in [-0.1, -0.05) is 27.5 Å². The average molecular weight is 325 g/mol. The van der Waals surface area contributed by atoms with Gasteiger partial charge in [-0.15, -0.1) is 11.3 Å². The van der Waals surface area contributed by atoms with Crippen LogP contribution in [0, 0.1) is 0 Å². The van der Waals surface area contributed by atoms with Gasteiger partial charge in [0.2, 0.25) is 0 Å². The molecule has 0 aliphatic carbocycles. The maximum Gasteiger partial charge on any atom is 0.264 e. The Kier molecular flexibility index (Phi) is 4.24. The highest BCUT2D eigenvalue weighted by Crippen LogP contribution is 2.23. The number of carbonyl (C=O) groups excluding carboxylic acids is 1. The van der Waals surface area contributed by atoms with Crippen molar-refractivity contribution in [1.82, 2.24) is 4.90 Å². The van der Waals surface area contributed by atoms with Crippen molar-refractivity contribution >= 4 is 44.8 Å². The highest BCUT2D eigenvalue weighted by molar-refractivity contribution is 9.09. The lowest BCUT2D eigenvalue weighted by atomic mass is 10.3. The molecular weight excluding hydrogens is 314 g/mol. The van der Waals surface area contributed by atoms with E-state index in [9.17, 15) is 4.79 Å². The SMILES string of the molecule is O=C(c1ccc(Cl)s1)N1CCOC(CBr)C1. The molecule has 6 heteroatoms. The molecule has 0 bridgehead atoms. The van der Waals surface area contributed by atoms with Gasteiger partial charge in [0, 0.05) is 18.4 Å². The van der Waals surface area contributed by atoms with Crippen molar-refractivity contribution in [1.29, 1.82) is 0 Å². The number of carbonyl (C=O) groups is 1. The van der Waals surface area contributed by atoms with Crippen molar-refractivity contribution in [2.24, 2.45) is 0 Å². The Hall–Kier alpha value is -0.100. The number of ether oxygens (including phenoxy) is 1. The van der Waals surface area contributed by atoms with Gasteiger partial charge in [0.25, 0.3) is 5.91 Å². The van der Waals surface area contributed by atoms with Crippen LogP contribution in [0.2, 0.25) is 4.34 Å². The number of hydrogen-bond acceptors (Lipinski definition) is 3. The number of thiophene rings is 1. The minimum atomic E-state index is 0.0474. The van der Waals surface area contributed by atoms with Gasteiger partial charge in [-0.2, -0.15) is 0 Å². The molecule has 88 valence electrons. The van der Waals surface area contributed by atoms with Crippen LogP contribution in [0.1, 0.15) is 9.67 Å². The number of alkyl halides is 1. The second kappa shape index (κ2) is 5.49. The van der Waals surface area contributed by atoms with Crippen LogP contribution in [-0.4, -0.2) is 41.9 Å². The molecular formula is C10H11BrClNO2S. The Morgan fingerprint density at radius 1 is 1.69 bits per heavy atom. The number of halogens is 2. The lowest BCUT2D eigenvalue weighted by molar-refractivity contribution is -0.00945. The molecule has 1 aromatic heterocycles. The predicted octanol–water partition coefficient (Wildman–Crippen LogP) is 2.64. The predicted molar refractivity (Wildman–Crippen MR) is 68.8 cm³/mol. The van der Waals surface area contributed by atoms with Gasteiger partial charge < -0.3 is 9.64 Å². The van der Waals surface area contributed by atoms with Crippen LogP contribution < -0.4 is 0 Å². The molecule has 2 rings (SSSR count). The first kappa shape index (κ1) is 12.4. The fourth-order valence-corrected chi connectivity index (χ4v) is 2.98. The molecule has 2 heterocycles. The third-order valence-electron chi connectivity index (χ3n) is 2.38. The van der Waals surface area contributed by atoms with Gasteiger partial charge in [0.1, 0.15) is 0 Å². The van der Waals surface area contributed by atoms with E-state index in [1.165, 1.54) is 11.3 Å². The maximum atomic E-state index is 12.1. The smallest absolute Gasteiger partial charge is 0.264 e. The summed E-state index contributed by atoms with van der Waals surface area (Å²) in [4.78, 5) is 14.6. The molecule has 16 heavy (non-hydrogen) atoms. The minimum Gasteiger partial charge on any atom is -0.374 e. The number of amides is 1. The zero-order chi connectivity index (χ0) is 11.5. The number of morpholine rings is 1. The number of rotatable bonds is 2. The summed E-state index contributed by atoms with van der Waals surface area (Å²) in [6.07, 6.45) is 0.0909. The van der Waals surface area contributed by atoms with E-state index in [-0.39, 0.29) is 12.0 Å². The molecule has 1 fully saturated rings. The zero-order valence-electron chi connectivity index (χ0n) is 8.49. The van der Waals surface area contributed by atoms with Crippen LogP contribution in [0.5, 0.6) is 0 Å². The van der Waals surface area contributed by atoms with Crippen molar-refractivity contribution < 1.29 is 9.53 Å². The fourth-order valence-electron chi connectivity index (χ4n) is 1.58. The van der Waals surface area contributed by atoms with E-state index in [1.54, 1.807) is 12.1 Å². The summed E-state index contributed by atoms with van der Waals surface area (Å²) < 4.78 is 6.13. The molecule has 0 spiro atoms. The average Bonchev–Trinajstić information content (AvgIpc) is 2.75. The molecule has 1 atom stereocenters. The molecule has 0 N–H and O–H groups in total. The van der Waals surface area contributed by atoms with E-state index in [2.05, 4.69) is 15.9 Å². The Labute approximate surface area is 111 Å². The highest BCUT2D eigenvalue weighted by atomic mass is 79.9. The molecule has 0 radical (unpaired) electrons. The molecule has 0 saturated carbocycles. The fraction of sp³-hybridized carbons (Fsp3) is 0.500. The first-order valence-corrected chi connectivity index (χ1v) is 7.24. The summed E-state index contributed by atoms with van der Waals surface area (Å²) in [7, 11) is 0. The van der Waals surface area contributed by atoms with Crippen LogP contribution in [0.25, 0.3) is 0 Å². The summed E-state index contributed by atoms with van der Waals surface area (Å²) in [5.41, 5.74) is 0. The summed E-state index contributed by atoms with van der Waals surface area (Å²) in [5, 5.41) is 0.752. The standard InChI is InChI=1S/C10H11BrClNO2S/c11-5-7-6-13(3-4-15-7)10(14)8-1-2-9(12)16-8/h1-2,7H,3-6H2. The molecule has 0 aromatic carbocycles. The van der Waals surface area contributed by atoms with Crippen LogP contribution in [0.15, 0.2) is 12.1 Å². The van der Waals surface area contributed by atoms with Crippen molar-refractivity contribution in [2.45, 2.75) is 6.10 Å². The monoisotopic (exact) mass is 323 g/mol. The Bertz CT molecular complexity index is 385. The van der Waals surface area contributed by atoms with Gasteiger partial charge in [-0.25, -0.2) is 0 Å². The van der Waals surface area contributed by atoms with Gasteiger partial charge in [0.05, 0.1) is 21.9 Å². The lowest BCUT2D eigenvalue weighted by Gasteiger charge is -2.31. The normalized spacial score (nSPS) is 21.1. The molecule has 1 aliphatic rings. The van der Waals surface area contributed by atoms with E-state index in [0.29, 0.717) is 28.9 Å². The largest absolute Gasteiger partial charge is 0.374 e. The zero-order valence-corrected chi connectivity index (χ0v) is 11.6. The molecule has 1 aromatic rings.